The summed E-state index contributed by atoms with van der Waals surface area (Å²) in [7, 11) is 0. The summed E-state index contributed by atoms with van der Waals surface area (Å²) in [6, 6.07) is 15.5. The van der Waals surface area contributed by atoms with Crippen molar-refractivity contribution < 1.29 is 14.3 Å². The number of hydrogen-bond acceptors (Lipinski definition) is 4. The molecule has 2 aliphatic rings. The Kier molecular flexibility index (Phi) is 4.78. The largest absolute Gasteiger partial charge is 0.489 e. The summed E-state index contributed by atoms with van der Waals surface area (Å²) in [5, 5.41) is 3.29. The standard InChI is InChI=1S/C19H19NO3.ClH/c21-17-11-19(8-9-20-13-19)23-18-10-15(6-7-16(17)18)22-12-14-4-2-1-3-5-14;/h1-7,10,20H,8-9,11-13H2;1H. The van der Waals surface area contributed by atoms with Crippen LogP contribution in [0.15, 0.2) is 48.5 Å². The number of hydrogen-bond donors (Lipinski definition) is 1. The van der Waals surface area contributed by atoms with Gasteiger partial charge < -0.3 is 14.8 Å². The van der Waals surface area contributed by atoms with Gasteiger partial charge in [0.1, 0.15) is 23.7 Å². The number of rotatable bonds is 3. The van der Waals surface area contributed by atoms with Crippen molar-refractivity contribution in [2.45, 2.75) is 25.0 Å². The molecule has 24 heavy (non-hydrogen) atoms. The van der Waals surface area contributed by atoms with Crippen LogP contribution in [0.25, 0.3) is 0 Å². The first-order chi connectivity index (χ1) is 11.2. The van der Waals surface area contributed by atoms with Crippen molar-refractivity contribution in [2.75, 3.05) is 13.1 Å². The fourth-order valence-corrected chi connectivity index (χ4v) is 3.26. The highest BCUT2D eigenvalue weighted by Crippen LogP contribution is 2.38. The van der Waals surface area contributed by atoms with Gasteiger partial charge >= 0.3 is 0 Å². The van der Waals surface area contributed by atoms with Gasteiger partial charge in [-0.25, -0.2) is 0 Å². The number of carbonyl (C=O) groups is 1. The van der Waals surface area contributed by atoms with Gasteiger partial charge in [-0.15, -0.1) is 12.4 Å². The molecule has 5 heteroatoms. The quantitative estimate of drug-likeness (QED) is 0.926. The van der Waals surface area contributed by atoms with Crippen LogP contribution in [0.2, 0.25) is 0 Å². The number of ketones is 1. The first kappa shape index (κ1) is 16.8. The van der Waals surface area contributed by atoms with E-state index in [1.165, 1.54) is 0 Å². The highest BCUT2D eigenvalue weighted by molar-refractivity contribution is 6.00. The average Bonchev–Trinajstić information content (AvgIpc) is 3.01. The fourth-order valence-electron chi connectivity index (χ4n) is 3.26. The van der Waals surface area contributed by atoms with Crippen LogP contribution in [0.3, 0.4) is 0 Å². The second-order valence-corrected chi connectivity index (χ2v) is 6.24. The zero-order valence-electron chi connectivity index (χ0n) is 13.3. The molecule has 0 aromatic heterocycles. The van der Waals surface area contributed by atoms with Gasteiger partial charge in [0.2, 0.25) is 0 Å². The molecule has 4 nitrogen and oxygen atoms in total. The van der Waals surface area contributed by atoms with Crippen LogP contribution in [0.1, 0.15) is 28.8 Å². The van der Waals surface area contributed by atoms with E-state index >= 15 is 0 Å². The molecule has 2 aromatic carbocycles. The van der Waals surface area contributed by atoms with Crippen LogP contribution in [0.4, 0.5) is 0 Å². The first-order valence-corrected chi connectivity index (χ1v) is 7.98. The maximum absolute atomic E-state index is 12.4. The van der Waals surface area contributed by atoms with E-state index in [1.807, 2.05) is 48.5 Å². The third-order valence-corrected chi connectivity index (χ3v) is 4.52. The number of fused-ring (bicyclic) bond motifs is 1. The fraction of sp³-hybridized carbons (Fsp3) is 0.316. The van der Waals surface area contributed by atoms with E-state index in [-0.39, 0.29) is 23.8 Å². The molecule has 2 aliphatic heterocycles. The Morgan fingerprint density at radius 2 is 2.00 bits per heavy atom. The van der Waals surface area contributed by atoms with E-state index in [0.717, 1.165) is 30.8 Å². The molecule has 1 N–H and O–H groups in total. The monoisotopic (exact) mass is 345 g/mol. The molecule has 0 aliphatic carbocycles. The van der Waals surface area contributed by atoms with E-state index in [4.69, 9.17) is 9.47 Å². The smallest absolute Gasteiger partial charge is 0.170 e. The van der Waals surface area contributed by atoms with E-state index in [2.05, 4.69) is 5.32 Å². The predicted octanol–water partition coefficient (Wildman–Crippen LogP) is 3.38. The van der Waals surface area contributed by atoms with Crippen LogP contribution in [-0.2, 0) is 6.61 Å². The summed E-state index contributed by atoms with van der Waals surface area (Å²) in [5.74, 6) is 1.53. The highest BCUT2D eigenvalue weighted by Gasteiger charge is 2.42. The van der Waals surface area contributed by atoms with Crippen molar-refractivity contribution in [3.63, 3.8) is 0 Å². The number of benzene rings is 2. The highest BCUT2D eigenvalue weighted by atomic mass is 35.5. The molecule has 2 aromatic rings. The number of Topliss-reactive ketones (excluding diaryl/α,β-unsaturated/α-hetero) is 1. The lowest BCUT2D eigenvalue weighted by atomic mass is 9.89. The molecule has 0 bridgehead atoms. The van der Waals surface area contributed by atoms with Crippen molar-refractivity contribution in [2.24, 2.45) is 0 Å². The van der Waals surface area contributed by atoms with Crippen molar-refractivity contribution in [3.8, 4) is 11.5 Å². The molecule has 1 fully saturated rings. The van der Waals surface area contributed by atoms with Gasteiger partial charge in [0.15, 0.2) is 5.78 Å². The van der Waals surface area contributed by atoms with Gasteiger partial charge in [0.25, 0.3) is 0 Å². The van der Waals surface area contributed by atoms with Crippen LogP contribution >= 0.6 is 12.4 Å². The third-order valence-electron chi connectivity index (χ3n) is 4.52. The Morgan fingerprint density at radius 3 is 2.75 bits per heavy atom. The van der Waals surface area contributed by atoms with Crippen molar-refractivity contribution in [3.05, 3.63) is 59.7 Å². The van der Waals surface area contributed by atoms with Gasteiger partial charge in [-0.3, -0.25) is 4.79 Å². The van der Waals surface area contributed by atoms with Gasteiger partial charge in [-0.2, -0.15) is 0 Å². The Labute approximate surface area is 147 Å². The van der Waals surface area contributed by atoms with Gasteiger partial charge in [0.05, 0.1) is 12.0 Å². The normalized spacial score (nSPS) is 21.8. The zero-order valence-corrected chi connectivity index (χ0v) is 14.1. The SMILES string of the molecule is Cl.O=C1CC2(CCNC2)Oc2cc(OCc3ccccc3)ccc21. The molecule has 1 unspecified atom stereocenters. The van der Waals surface area contributed by atoms with Crippen molar-refractivity contribution >= 4 is 18.2 Å². The molecule has 4 rings (SSSR count). The Bertz CT molecular complexity index is 727. The molecule has 0 saturated carbocycles. The lowest BCUT2D eigenvalue weighted by molar-refractivity contribution is 0.0526. The van der Waals surface area contributed by atoms with Crippen LogP contribution < -0.4 is 14.8 Å². The molecule has 1 atom stereocenters. The van der Waals surface area contributed by atoms with Crippen molar-refractivity contribution in [1.29, 1.82) is 0 Å². The maximum atomic E-state index is 12.4. The summed E-state index contributed by atoms with van der Waals surface area (Å²) in [6.45, 7) is 2.13. The second kappa shape index (κ2) is 6.83. The summed E-state index contributed by atoms with van der Waals surface area (Å²) in [5.41, 5.74) is 1.40. The third kappa shape index (κ3) is 3.25. The Morgan fingerprint density at radius 1 is 1.17 bits per heavy atom. The minimum absolute atomic E-state index is 0. The lowest BCUT2D eigenvalue weighted by Gasteiger charge is -2.34. The van der Waals surface area contributed by atoms with Gasteiger partial charge in [-0.1, -0.05) is 30.3 Å². The van der Waals surface area contributed by atoms with E-state index in [0.29, 0.717) is 24.3 Å². The number of halogens is 1. The predicted molar refractivity (Wildman–Crippen MR) is 94.3 cm³/mol. The number of ether oxygens (including phenoxy) is 2. The minimum Gasteiger partial charge on any atom is -0.489 e. The van der Waals surface area contributed by atoms with E-state index in [1.54, 1.807) is 0 Å². The number of nitrogens with one attached hydrogen (secondary N) is 1. The molecule has 126 valence electrons. The van der Waals surface area contributed by atoms with Gasteiger partial charge in [-0.05, 0) is 24.2 Å². The minimum atomic E-state index is -0.373. The van der Waals surface area contributed by atoms with Crippen LogP contribution in [0, 0.1) is 0 Å². The second-order valence-electron chi connectivity index (χ2n) is 6.24. The summed E-state index contributed by atoms with van der Waals surface area (Å²) < 4.78 is 12.0. The molecule has 0 amide bonds. The zero-order chi connectivity index (χ0) is 15.7. The van der Waals surface area contributed by atoms with Crippen LogP contribution in [0.5, 0.6) is 11.5 Å². The van der Waals surface area contributed by atoms with Gasteiger partial charge in [0, 0.05) is 19.0 Å². The molecular weight excluding hydrogens is 326 g/mol. The lowest BCUT2D eigenvalue weighted by Crippen LogP contribution is -2.43. The van der Waals surface area contributed by atoms with E-state index < -0.39 is 0 Å². The topological polar surface area (TPSA) is 47.6 Å². The Hall–Kier alpha value is -2.04. The summed E-state index contributed by atoms with van der Waals surface area (Å²) in [4.78, 5) is 12.4. The molecular formula is C19H20ClNO3. The average molecular weight is 346 g/mol. The Balaban J connectivity index is 0.00000169. The molecule has 1 spiro atoms. The summed E-state index contributed by atoms with van der Waals surface area (Å²) >= 11 is 0. The van der Waals surface area contributed by atoms with E-state index in [9.17, 15) is 4.79 Å². The molecule has 1 saturated heterocycles. The first-order valence-electron chi connectivity index (χ1n) is 7.98. The maximum Gasteiger partial charge on any atom is 0.170 e. The number of carbonyl (C=O) groups excluding carboxylic acids is 1. The van der Waals surface area contributed by atoms with Crippen LogP contribution in [-0.4, -0.2) is 24.5 Å². The van der Waals surface area contributed by atoms with Crippen molar-refractivity contribution in [1.82, 2.24) is 5.32 Å². The molecule has 0 radical (unpaired) electrons. The molecule has 2 heterocycles. The summed E-state index contributed by atoms with van der Waals surface area (Å²) in [6.07, 6.45) is 1.32.